The van der Waals surface area contributed by atoms with Crippen molar-refractivity contribution >= 4 is 27.6 Å². The van der Waals surface area contributed by atoms with Crippen LogP contribution in [0.1, 0.15) is 0 Å². The first kappa shape index (κ1) is 21.3. The van der Waals surface area contributed by atoms with E-state index in [4.69, 9.17) is 9.84 Å². The van der Waals surface area contributed by atoms with Gasteiger partial charge in [-0.3, -0.25) is 0 Å². The lowest BCUT2D eigenvalue weighted by molar-refractivity contribution is -0.0499. The highest BCUT2D eigenvalue weighted by atomic mass is 32.2. The summed E-state index contributed by atoms with van der Waals surface area (Å²) in [5, 5.41) is 9.04. The van der Waals surface area contributed by atoms with Crippen LogP contribution in [0.15, 0.2) is 18.2 Å². The van der Waals surface area contributed by atoms with Gasteiger partial charge >= 0.3 is 21.7 Å². The predicted octanol–water partition coefficient (Wildman–Crippen LogP) is 1.55. The smallest absolute Gasteiger partial charge is 0.465 e. The molecule has 2 aliphatic rings. The monoisotopic (exact) mass is 439 g/mol. The highest BCUT2D eigenvalue weighted by Crippen LogP contribution is 2.37. The summed E-state index contributed by atoms with van der Waals surface area (Å²) in [5.74, 6) is -0.449. The number of carbonyl (C=O) groups is 1. The number of hydrogen-bond acceptors (Lipinski definition) is 7. The number of piperazine rings is 1. The van der Waals surface area contributed by atoms with Gasteiger partial charge < -0.3 is 28.7 Å². The molecule has 0 radical (unpaired) electrons. The molecule has 0 atom stereocenters. The highest BCUT2D eigenvalue weighted by Gasteiger charge is 2.49. The van der Waals surface area contributed by atoms with Crippen LogP contribution < -0.4 is 14.0 Å². The summed E-state index contributed by atoms with van der Waals surface area (Å²) >= 11 is 0. The fraction of sp³-hybridized carbons (Fsp3) is 0.562. The summed E-state index contributed by atoms with van der Waals surface area (Å²) < 4.78 is 71.5. The molecule has 1 aromatic carbocycles. The molecule has 2 aliphatic heterocycles. The van der Waals surface area contributed by atoms with Gasteiger partial charge in [0, 0.05) is 51.0 Å². The van der Waals surface area contributed by atoms with E-state index in [1.807, 2.05) is 4.90 Å². The molecule has 0 unspecified atom stereocenters. The number of rotatable bonds is 4. The molecule has 1 N–H and O–H groups in total. The van der Waals surface area contributed by atoms with Crippen molar-refractivity contribution in [2.24, 2.45) is 0 Å². The van der Waals surface area contributed by atoms with Crippen LogP contribution in [-0.2, 0) is 14.9 Å². The summed E-state index contributed by atoms with van der Waals surface area (Å²) in [4.78, 5) is 15.7. The third-order valence-corrected chi connectivity index (χ3v) is 5.66. The van der Waals surface area contributed by atoms with Gasteiger partial charge in [-0.1, -0.05) is 0 Å². The molecule has 162 valence electrons. The van der Waals surface area contributed by atoms with Crippen LogP contribution in [-0.4, -0.2) is 82.5 Å². The van der Waals surface area contributed by atoms with Crippen molar-refractivity contribution in [2.45, 2.75) is 5.51 Å². The minimum Gasteiger partial charge on any atom is -0.465 e. The molecule has 0 spiro atoms. The number of benzene rings is 1. The van der Waals surface area contributed by atoms with E-state index in [0.717, 1.165) is 0 Å². The van der Waals surface area contributed by atoms with E-state index in [2.05, 4.69) is 4.18 Å². The number of ether oxygens (including phenoxy) is 1. The number of amides is 1. The second kappa shape index (κ2) is 8.14. The molecule has 0 saturated carbocycles. The van der Waals surface area contributed by atoms with Crippen molar-refractivity contribution in [3.63, 3.8) is 0 Å². The van der Waals surface area contributed by atoms with Crippen molar-refractivity contribution in [3.8, 4) is 5.75 Å². The number of hydrogen-bond donors (Lipinski definition) is 1. The summed E-state index contributed by atoms with van der Waals surface area (Å²) in [5.41, 5.74) is -4.91. The van der Waals surface area contributed by atoms with E-state index < -0.39 is 27.5 Å². The molecule has 0 bridgehead atoms. The molecule has 2 heterocycles. The predicted molar refractivity (Wildman–Crippen MR) is 96.9 cm³/mol. The lowest BCUT2D eigenvalue weighted by atomic mass is 10.2. The van der Waals surface area contributed by atoms with Crippen molar-refractivity contribution in [1.82, 2.24) is 4.90 Å². The van der Waals surface area contributed by atoms with Gasteiger partial charge in [-0.2, -0.15) is 21.6 Å². The quantitative estimate of drug-likeness (QED) is 0.557. The molecular formula is C16H20F3N3O6S. The van der Waals surface area contributed by atoms with Crippen molar-refractivity contribution < 1.29 is 40.4 Å². The van der Waals surface area contributed by atoms with Crippen LogP contribution in [0.4, 0.5) is 29.3 Å². The number of halogens is 3. The molecule has 2 fully saturated rings. The minimum atomic E-state index is -5.86. The van der Waals surface area contributed by atoms with Gasteiger partial charge in [0.1, 0.15) is 0 Å². The minimum absolute atomic E-state index is 0.131. The molecule has 29 heavy (non-hydrogen) atoms. The second-order valence-corrected chi connectivity index (χ2v) is 8.03. The number of anilines is 2. The van der Waals surface area contributed by atoms with E-state index in [1.165, 1.54) is 17.0 Å². The number of nitrogens with zero attached hydrogens (tertiary/aromatic N) is 3. The van der Waals surface area contributed by atoms with Crippen molar-refractivity contribution in [1.29, 1.82) is 0 Å². The molecule has 13 heteroatoms. The van der Waals surface area contributed by atoms with Crippen molar-refractivity contribution in [2.75, 3.05) is 62.3 Å². The second-order valence-electron chi connectivity index (χ2n) is 6.49. The topological polar surface area (TPSA) is 99.6 Å². The van der Waals surface area contributed by atoms with Crippen LogP contribution in [0.5, 0.6) is 5.75 Å². The average Bonchev–Trinajstić information content (AvgIpc) is 2.67. The Morgan fingerprint density at radius 3 is 2.21 bits per heavy atom. The van der Waals surface area contributed by atoms with E-state index in [1.54, 1.807) is 11.0 Å². The summed E-state index contributed by atoms with van der Waals surface area (Å²) in [6.45, 7) is 2.52. The van der Waals surface area contributed by atoms with Gasteiger partial charge in [-0.05, 0) is 12.1 Å². The Morgan fingerprint density at radius 2 is 1.66 bits per heavy atom. The zero-order valence-corrected chi connectivity index (χ0v) is 16.1. The first-order chi connectivity index (χ1) is 13.6. The SMILES string of the molecule is O=C(O)N1CCN(c2ccc(N3CCOCC3)cc2OS(=O)(=O)C(F)(F)F)CC1. The van der Waals surface area contributed by atoms with Crippen LogP contribution >= 0.6 is 0 Å². The Kier molecular flexibility index (Phi) is 5.98. The normalized spacial score (nSPS) is 18.7. The van der Waals surface area contributed by atoms with E-state index in [0.29, 0.717) is 32.0 Å². The van der Waals surface area contributed by atoms with Gasteiger partial charge in [0.2, 0.25) is 0 Å². The number of morpholine rings is 1. The Hall–Kier alpha value is -2.41. The molecule has 0 aromatic heterocycles. The maximum atomic E-state index is 12.9. The molecule has 3 rings (SSSR count). The third kappa shape index (κ3) is 4.78. The largest absolute Gasteiger partial charge is 0.534 e. The Bertz CT molecular complexity index is 850. The van der Waals surface area contributed by atoms with Crippen molar-refractivity contribution in [3.05, 3.63) is 18.2 Å². The third-order valence-electron chi connectivity index (χ3n) is 4.69. The van der Waals surface area contributed by atoms with Gasteiger partial charge in [0.05, 0.1) is 18.9 Å². The van der Waals surface area contributed by atoms with Gasteiger partial charge in [0.15, 0.2) is 5.75 Å². The van der Waals surface area contributed by atoms with Gasteiger partial charge in [-0.25, -0.2) is 4.79 Å². The van der Waals surface area contributed by atoms with Crippen LogP contribution in [0.3, 0.4) is 0 Å². The molecule has 2 saturated heterocycles. The molecule has 9 nitrogen and oxygen atoms in total. The molecular weight excluding hydrogens is 419 g/mol. The standard InChI is InChI=1S/C16H20F3N3O6S/c17-16(18,19)29(25,26)28-14-11-12(20-7-9-27-10-8-20)1-2-13(14)21-3-5-22(6-4-21)15(23)24/h1-2,11H,3-10H2,(H,23,24). The number of alkyl halides is 3. The van der Waals surface area contributed by atoms with E-state index in [9.17, 15) is 26.4 Å². The first-order valence-electron chi connectivity index (χ1n) is 8.79. The number of carboxylic acid groups (broad SMARTS) is 1. The zero-order chi connectivity index (χ0) is 21.2. The highest BCUT2D eigenvalue weighted by molar-refractivity contribution is 7.88. The molecule has 1 amide bonds. The summed E-state index contributed by atoms with van der Waals surface area (Å²) in [7, 11) is -5.86. The van der Waals surface area contributed by atoms with E-state index >= 15 is 0 Å². The maximum absolute atomic E-state index is 12.9. The summed E-state index contributed by atoms with van der Waals surface area (Å²) in [6, 6.07) is 4.41. The van der Waals surface area contributed by atoms with E-state index in [-0.39, 0.29) is 31.9 Å². The lowest BCUT2D eigenvalue weighted by Gasteiger charge is -2.36. The lowest BCUT2D eigenvalue weighted by Crippen LogP contribution is -2.48. The van der Waals surface area contributed by atoms with Crippen LogP contribution in [0.25, 0.3) is 0 Å². The molecule has 1 aromatic rings. The van der Waals surface area contributed by atoms with Gasteiger partial charge in [0.25, 0.3) is 0 Å². The first-order valence-corrected chi connectivity index (χ1v) is 10.2. The summed E-state index contributed by atoms with van der Waals surface area (Å²) in [6.07, 6.45) is -1.09. The fourth-order valence-electron chi connectivity index (χ4n) is 3.15. The van der Waals surface area contributed by atoms with Crippen LogP contribution in [0, 0.1) is 0 Å². The van der Waals surface area contributed by atoms with Gasteiger partial charge in [-0.15, -0.1) is 0 Å². The molecule has 0 aliphatic carbocycles. The Morgan fingerprint density at radius 1 is 1.03 bits per heavy atom. The average molecular weight is 439 g/mol. The van der Waals surface area contributed by atoms with Crippen LogP contribution in [0.2, 0.25) is 0 Å². The Labute approximate surface area is 165 Å². The maximum Gasteiger partial charge on any atom is 0.534 e. The zero-order valence-electron chi connectivity index (χ0n) is 15.3. The fourth-order valence-corrected chi connectivity index (χ4v) is 3.62. The Balaban J connectivity index is 1.91.